The van der Waals surface area contributed by atoms with Crippen molar-refractivity contribution in [1.29, 1.82) is 0 Å². The van der Waals surface area contributed by atoms with E-state index in [4.69, 9.17) is 11.6 Å². The number of rotatable bonds is 6. The highest BCUT2D eigenvalue weighted by atomic mass is 35.5. The molecule has 1 heterocycles. The van der Waals surface area contributed by atoms with Crippen LogP contribution in [-0.2, 0) is 10.0 Å². The number of hydrogen-bond donors (Lipinski definition) is 2. The fourth-order valence-corrected chi connectivity index (χ4v) is 5.11. The standard InChI is InChI=1S/C19H19ClN4O3S2/c1-11-8-9-12(2)15(10-11)13(3)24-29(26,27)19-23-22-18(28-19)21-17(25)14-6-4-5-7-16(14)20/h4-10,13,24H,1-3H3,(H,21,22,25)/t13-/m0/s1. The van der Waals surface area contributed by atoms with Gasteiger partial charge in [0.15, 0.2) is 0 Å². The maximum atomic E-state index is 12.7. The second-order valence-electron chi connectivity index (χ2n) is 6.51. The minimum absolute atomic E-state index is 0.0645. The van der Waals surface area contributed by atoms with Crippen molar-refractivity contribution in [3.05, 3.63) is 69.7 Å². The number of anilines is 1. The normalized spacial score (nSPS) is 12.6. The number of nitrogens with zero attached hydrogens (tertiary/aromatic N) is 2. The summed E-state index contributed by atoms with van der Waals surface area (Å²) >= 11 is 6.77. The topological polar surface area (TPSA) is 101 Å². The summed E-state index contributed by atoms with van der Waals surface area (Å²) in [5, 5.41) is 10.3. The molecular formula is C19H19ClN4O3S2. The molecule has 152 valence electrons. The van der Waals surface area contributed by atoms with Crippen LogP contribution in [0.2, 0.25) is 5.02 Å². The third-order valence-corrected chi connectivity index (χ3v) is 7.28. The van der Waals surface area contributed by atoms with Gasteiger partial charge in [0.25, 0.3) is 15.9 Å². The van der Waals surface area contributed by atoms with E-state index in [0.29, 0.717) is 0 Å². The van der Waals surface area contributed by atoms with Crippen LogP contribution in [0.4, 0.5) is 5.13 Å². The minimum atomic E-state index is -3.91. The Labute approximate surface area is 178 Å². The summed E-state index contributed by atoms with van der Waals surface area (Å²) < 4.78 is 27.8. The molecule has 1 amide bonds. The molecule has 0 fully saturated rings. The van der Waals surface area contributed by atoms with Gasteiger partial charge in [0.05, 0.1) is 10.6 Å². The predicted octanol–water partition coefficient (Wildman–Crippen LogP) is 4.10. The van der Waals surface area contributed by atoms with E-state index in [-0.39, 0.29) is 20.1 Å². The van der Waals surface area contributed by atoms with Crippen molar-refractivity contribution in [3.8, 4) is 0 Å². The van der Waals surface area contributed by atoms with Crippen LogP contribution in [0.1, 0.15) is 40.0 Å². The van der Waals surface area contributed by atoms with Crippen LogP contribution >= 0.6 is 22.9 Å². The van der Waals surface area contributed by atoms with Gasteiger partial charge in [0.2, 0.25) is 9.47 Å². The van der Waals surface area contributed by atoms with Gasteiger partial charge in [-0.3, -0.25) is 10.1 Å². The van der Waals surface area contributed by atoms with Crippen LogP contribution in [0, 0.1) is 13.8 Å². The van der Waals surface area contributed by atoms with Crippen LogP contribution in [0.15, 0.2) is 46.8 Å². The van der Waals surface area contributed by atoms with E-state index in [9.17, 15) is 13.2 Å². The Bertz CT molecular complexity index is 1160. The van der Waals surface area contributed by atoms with Gasteiger partial charge < -0.3 is 0 Å². The first kappa shape index (κ1) is 21.4. The highest BCUT2D eigenvalue weighted by Crippen LogP contribution is 2.25. The molecule has 0 unspecified atom stereocenters. The summed E-state index contributed by atoms with van der Waals surface area (Å²) in [6.07, 6.45) is 0. The first-order valence-corrected chi connectivity index (χ1v) is 11.3. The van der Waals surface area contributed by atoms with Crippen molar-refractivity contribution in [3.63, 3.8) is 0 Å². The smallest absolute Gasteiger partial charge is 0.270 e. The molecule has 0 saturated carbocycles. The summed E-state index contributed by atoms with van der Waals surface area (Å²) in [6.45, 7) is 5.64. The average Bonchev–Trinajstić information content (AvgIpc) is 3.13. The molecule has 3 aromatic rings. The van der Waals surface area contributed by atoms with Crippen molar-refractivity contribution in [2.75, 3.05) is 5.32 Å². The maximum absolute atomic E-state index is 12.7. The van der Waals surface area contributed by atoms with E-state index >= 15 is 0 Å². The molecule has 0 saturated heterocycles. The number of hydrogen-bond acceptors (Lipinski definition) is 6. The summed E-state index contributed by atoms with van der Waals surface area (Å²) in [5.74, 6) is -0.493. The van der Waals surface area contributed by atoms with Crippen molar-refractivity contribution < 1.29 is 13.2 Å². The van der Waals surface area contributed by atoms with Crippen LogP contribution in [0.3, 0.4) is 0 Å². The van der Waals surface area contributed by atoms with Gasteiger partial charge in [-0.15, -0.1) is 10.2 Å². The van der Waals surface area contributed by atoms with E-state index in [0.717, 1.165) is 28.0 Å². The summed E-state index contributed by atoms with van der Waals surface area (Å²) in [7, 11) is -3.91. The molecule has 0 radical (unpaired) electrons. The molecule has 1 atom stereocenters. The average molecular weight is 451 g/mol. The molecule has 2 aromatic carbocycles. The Morgan fingerprint density at radius 1 is 1.14 bits per heavy atom. The molecular weight excluding hydrogens is 432 g/mol. The molecule has 0 aliphatic heterocycles. The first-order valence-electron chi connectivity index (χ1n) is 8.66. The highest BCUT2D eigenvalue weighted by molar-refractivity contribution is 7.91. The van der Waals surface area contributed by atoms with Crippen molar-refractivity contribution in [2.45, 2.75) is 31.2 Å². The van der Waals surface area contributed by atoms with Gasteiger partial charge in [0.1, 0.15) is 0 Å². The second-order valence-corrected chi connectivity index (χ2v) is 9.78. The number of aryl methyl sites for hydroxylation is 2. The zero-order chi connectivity index (χ0) is 21.2. The molecule has 2 N–H and O–H groups in total. The molecule has 0 spiro atoms. The lowest BCUT2D eigenvalue weighted by Crippen LogP contribution is -2.27. The fraction of sp³-hybridized carbons (Fsp3) is 0.211. The zero-order valence-electron chi connectivity index (χ0n) is 15.9. The number of benzene rings is 2. The Balaban J connectivity index is 1.75. The highest BCUT2D eigenvalue weighted by Gasteiger charge is 2.24. The molecule has 0 aliphatic carbocycles. The molecule has 3 rings (SSSR count). The second kappa shape index (κ2) is 8.58. The number of carbonyl (C=O) groups is 1. The number of nitrogens with one attached hydrogen (secondary N) is 2. The fourth-order valence-electron chi connectivity index (χ4n) is 2.75. The van der Waals surface area contributed by atoms with Crippen LogP contribution in [-0.4, -0.2) is 24.5 Å². The van der Waals surface area contributed by atoms with E-state index in [1.807, 2.05) is 32.0 Å². The van der Waals surface area contributed by atoms with Gasteiger partial charge in [-0.05, 0) is 44.0 Å². The van der Waals surface area contributed by atoms with Crippen molar-refractivity contribution in [2.24, 2.45) is 0 Å². The largest absolute Gasteiger partial charge is 0.296 e. The SMILES string of the molecule is Cc1ccc(C)c([C@H](C)NS(=O)(=O)c2nnc(NC(=O)c3ccccc3Cl)s2)c1. The Morgan fingerprint density at radius 2 is 1.86 bits per heavy atom. The zero-order valence-corrected chi connectivity index (χ0v) is 18.3. The molecule has 0 bridgehead atoms. The van der Waals surface area contributed by atoms with E-state index in [1.165, 1.54) is 0 Å². The van der Waals surface area contributed by atoms with Crippen LogP contribution in [0.25, 0.3) is 0 Å². The summed E-state index contributed by atoms with van der Waals surface area (Å²) in [5.41, 5.74) is 3.16. The minimum Gasteiger partial charge on any atom is -0.296 e. The van der Waals surface area contributed by atoms with E-state index in [2.05, 4.69) is 20.2 Å². The lowest BCUT2D eigenvalue weighted by molar-refractivity contribution is 0.102. The van der Waals surface area contributed by atoms with Crippen molar-refractivity contribution in [1.82, 2.24) is 14.9 Å². The number of carbonyl (C=O) groups excluding carboxylic acids is 1. The Kier molecular flexibility index (Phi) is 6.33. The van der Waals surface area contributed by atoms with Gasteiger partial charge >= 0.3 is 0 Å². The Hall–Kier alpha value is -2.33. The number of amides is 1. The number of aromatic nitrogens is 2. The predicted molar refractivity (Wildman–Crippen MR) is 114 cm³/mol. The molecule has 10 heteroatoms. The lowest BCUT2D eigenvalue weighted by Gasteiger charge is -2.16. The third kappa shape index (κ3) is 4.99. The van der Waals surface area contributed by atoms with Gasteiger partial charge in [0, 0.05) is 6.04 Å². The first-order chi connectivity index (χ1) is 13.7. The van der Waals surface area contributed by atoms with Gasteiger partial charge in [-0.2, -0.15) is 0 Å². The number of halogens is 1. The monoisotopic (exact) mass is 450 g/mol. The summed E-state index contributed by atoms with van der Waals surface area (Å²) in [4.78, 5) is 12.3. The molecule has 7 nitrogen and oxygen atoms in total. The Morgan fingerprint density at radius 3 is 2.59 bits per heavy atom. The molecule has 29 heavy (non-hydrogen) atoms. The quantitative estimate of drug-likeness (QED) is 0.550. The molecule has 0 aliphatic rings. The lowest BCUT2D eigenvalue weighted by atomic mass is 10.0. The molecule has 1 aromatic heterocycles. The third-order valence-electron chi connectivity index (χ3n) is 4.21. The van der Waals surface area contributed by atoms with Gasteiger partial charge in [-0.25, -0.2) is 13.1 Å². The number of sulfonamides is 1. The maximum Gasteiger partial charge on any atom is 0.270 e. The van der Waals surface area contributed by atoms with E-state index in [1.54, 1.807) is 31.2 Å². The van der Waals surface area contributed by atoms with Gasteiger partial charge in [-0.1, -0.05) is 58.8 Å². The summed E-state index contributed by atoms with van der Waals surface area (Å²) in [6, 6.07) is 11.9. The van der Waals surface area contributed by atoms with E-state index < -0.39 is 22.0 Å². The van der Waals surface area contributed by atoms with Crippen molar-refractivity contribution >= 4 is 44.0 Å². The van der Waals surface area contributed by atoms with Crippen LogP contribution in [0.5, 0.6) is 0 Å². The van der Waals surface area contributed by atoms with Crippen LogP contribution < -0.4 is 10.0 Å².